The summed E-state index contributed by atoms with van der Waals surface area (Å²) in [6.45, 7) is 1.17. The van der Waals surface area contributed by atoms with E-state index in [0.717, 1.165) is 16.7 Å². The number of para-hydroxylation sites is 1. The van der Waals surface area contributed by atoms with E-state index in [-0.39, 0.29) is 5.91 Å². The number of nitrogens with one attached hydrogen (secondary N) is 1. The fourth-order valence-electron chi connectivity index (χ4n) is 2.97. The monoisotopic (exact) mass is 348 g/mol. The van der Waals surface area contributed by atoms with Crippen molar-refractivity contribution >= 4 is 34.5 Å². The van der Waals surface area contributed by atoms with Gasteiger partial charge >= 0.3 is 5.97 Å². The standard InChI is InChI=1S/C17H20N2O4S/c1-23-8-7-19-10-13(12-4-2-3-5-14(12)19)15(20)18-17(16(21)22)6-9-24-11-17/h2-5,10H,6-9,11H2,1H3,(H,18,20)(H,21,22). The summed E-state index contributed by atoms with van der Waals surface area (Å²) in [6, 6.07) is 7.61. The van der Waals surface area contributed by atoms with E-state index in [1.165, 1.54) is 0 Å². The highest BCUT2D eigenvalue weighted by molar-refractivity contribution is 7.99. The second-order valence-corrected chi connectivity index (χ2v) is 7.00. The number of carbonyl (C=O) groups is 2. The van der Waals surface area contributed by atoms with Crippen LogP contribution in [0.1, 0.15) is 16.8 Å². The van der Waals surface area contributed by atoms with Gasteiger partial charge in [0, 0.05) is 36.5 Å². The number of benzene rings is 1. The predicted molar refractivity (Wildman–Crippen MR) is 93.6 cm³/mol. The highest BCUT2D eigenvalue weighted by atomic mass is 32.2. The molecule has 0 radical (unpaired) electrons. The predicted octanol–water partition coefficient (Wildman–Crippen LogP) is 1.98. The Hall–Kier alpha value is -1.99. The third-order valence-electron chi connectivity index (χ3n) is 4.35. The van der Waals surface area contributed by atoms with E-state index >= 15 is 0 Å². The number of carboxylic acids is 1. The number of aromatic nitrogens is 1. The fraction of sp³-hybridized carbons (Fsp3) is 0.412. The fourth-order valence-corrected chi connectivity index (χ4v) is 4.30. The molecule has 128 valence electrons. The van der Waals surface area contributed by atoms with Crippen LogP contribution >= 0.6 is 11.8 Å². The number of hydrogen-bond donors (Lipinski definition) is 2. The Morgan fingerprint density at radius 1 is 1.42 bits per heavy atom. The first-order chi connectivity index (χ1) is 11.6. The number of fused-ring (bicyclic) bond motifs is 1. The minimum absolute atomic E-state index is 0.340. The molecule has 0 spiro atoms. The van der Waals surface area contributed by atoms with Gasteiger partial charge in [0.25, 0.3) is 5.91 Å². The van der Waals surface area contributed by atoms with Crippen molar-refractivity contribution < 1.29 is 19.4 Å². The SMILES string of the molecule is COCCn1cc(C(=O)NC2(C(=O)O)CCSC2)c2ccccc21. The van der Waals surface area contributed by atoms with E-state index < -0.39 is 11.5 Å². The Bertz CT molecular complexity index is 765. The van der Waals surface area contributed by atoms with Crippen molar-refractivity contribution in [2.75, 3.05) is 25.2 Å². The average molecular weight is 348 g/mol. The van der Waals surface area contributed by atoms with E-state index in [0.29, 0.717) is 30.9 Å². The second-order valence-electron chi connectivity index (χ2n) is 5.89. The number of carbonyl (C=O) groups excluding carboxylic acids is 1. The molecule has 1 fully saturated rings. The average Bonchev–Trinajstić information content (AvgIpc) is 3.18. The number of nitrogens with zero attached hydrogens (tertiary/aromatic N) is 1. The Balaban J connectivity index is 1.93. The van der Waals surface area contributed by atoms with Gasteiger partial charge in [-0.1, -0.05) is 18.2 Å². The first-order valence-corrected chi connectivity index (χ1v) is 8.93. The molecule has 1 aromatic carbocycles. The highest BCUT2D eigenvalue weighted by Gasteiger charge is 2.43. The van der Waals surface area contributed by atoms with Crippen molar-refractivity contribution in [2.24, 2.45) is 0 Å². The number of rotatable bonds is 6. The van der Waals surface area contributed by atoms with Crippen LogP contribution in [0.2, 0.25) is 0 Å². The van der Waals surface area contributed by atoms with Gasteiger partial charge in [-0.05, 0) is 18.2 Å². The Kier molecular flexibility index (Phi) is 4.82. The molecule has 2 heterocycles. The molecule has 1 saturated heterocycles. The molecule has 0 aliphatic carbocycles. The van der Waals surface area contributed by atoms with Crippen molar-refractivity contribution in [3.05, 3.63) is 36.0 Å². The van der Waals surface area contributed by atoms with Crippen LogP contribution in [-0.4, -0.2) is 52.3 Å². The lowest BCUT2D eigenvalue weighted by molar-refractivity contribution is -0.143. The van der Waals surface area contributed by atoms with Gasteiger partial charge in [0.2, 0.25) is 0 Å². The third kappa shape index (κ3) is 3.01. The molecule has 6 nitrogen and oxygen atoms in total. The summed E-state index contributed by atoms with van der Waals surface area (Å²) in [5.74, 6) is -0.172. The van der Waals surface area contributed by atoms with E-state index in [4.69, 9.17) is 4.74 Å². The number of ether oxygens (including phenoxy) is 1. The molecular weight excluding hydrogens is 328 g/mol. The molecule has 2 N–H and O–H groups in total. The molecule has 0 saturated carbocycles. The highest BCUT2D eigenvalue weighted by Crippen LogP contribution is 2.29. The van der Waals surface area contributed by atoms with Gasteiger partial charge in [-0.2, -0.15) is 11.8 Å². The summed E-state index contributed by atoms with van der Waals surface area (Å²) >= 11 is 1.55. The van der Waals surface area contributed by atoms with Crippen molar-refractivity contribution in [3.63, 3.8) is 0 Å². The maximum Gasteiger partial charge on any atom is 0.330 e. The maximum absolute atomic E-state index is 12.8. The van der Waals surface area contributed by atoms with Gasteiger partial charge in [-0.25, -0.2) is 4.79 Å². The number of hydrogen-bond acceptors (Lipinski definition) is 4. The summed E-state index contributed by atoms with van der Waals surface area (Å²) < 4.78 is 7.08. The summed E-state index contributed by atoms with van der Waals surface area (Å²) in [5, 5.41) is 13.1. The van der Waals surface area contributed by atoms with Crippen LogP contribution in [0.4, 0.5) is 0 Å². The van der Waals surface area contributed by atoms with Crippen LogP contribution in [0.25, 0.3) is 10.9 Å². The molecule has 1 unspecified atom stereocenters. The molecule has 1 aliphatic rings. The lowest BCUT2D eigenvalue weighted by atomic mass is 9.98. The summed E-state index contributed by atoms with van der Waals surface area (Å²) in [5.41, 5.74) is 0.265. The van der Waals surface area contributed by atoms with Crippen LogP contribution < -0.4 is 5.32 Å². The lowest BCUT2D eigenvalue weighted by Crippen LogP contribution is -2.54. The van der Waals surface area contributed by atoms with Gasteiger partial charge < -0.3 is 19.7 Å². The summed E-state index contributed by atoms with van der Waals surface area (Å²) in [7, 11) is 1.63. The topological polar surface area (TPSA) is 80.6 Å². The first kappa shape index (κ1) is 16.9. The van der Waals surface area contributed by atoms with Crippen molar-refractivity contribution in [3.8, 4) is 0 Å². The number of carboxylic acid groups (broad SMARTS) is 1. The van der Waals surface area contributed by atoms with Crippen molar-refractivity contribution in [2.45, 2.75) is 18.5 Å². The quantitative estimate of drug-likeness (QED) is 0.834. The minimum Gasteiger partial charge on any atom is -0.479 e. The van der Waals surface area contributed by atoms with Crippen LogP contribution in [0.15, 0.2) is 30.5 Å². The molecular formula is C17H20N2O4S. The van der Waals surface area contributed by atoms with Crippen LogP contribution in [0, 0.1) is 0 Å². The molecule has 3 rings (SSSR count). The summed E-state index contributed by atoms with van der Waals surface area (Å²) in [6.07, 6.45) is 2.22. The molecule has 24 heavy (non-hydrogen) atoms. The number of amides is 1. The van der Waals surface area contributed by atoms with Gasteiger partial charge in [-0.3, -0.25) is 4.79 Å². The zero-order valence-electron chi connectivity index (χ0n) is 13.4. The van der Waals surface area contributed by atoms with Crippen molar-refractivity contribution in [1.29, 1.82) is 0 Å². The maximum atomic E-state index is 12.8. The normalized spacial score (nSPS) is 20.4. The third-order valence-corrected chi connectivity index (χ3v) is 5.54. The zero-order valence-corrected chi connectivity index (χ0v) is 14.3. The largest absolute Gasteiger partial charge is 0.479 e. The van der Waals surface area contributed by atoms with Gasteiger partial charge in [0.1, 0.15) is 5.54 Å². The molecule has 1 atom stereocenters. The molecule has 7 heteroatoms. The van der Waals surface area contributed by atoms with E-state index in [1.807, 2.05) is 28.8 Å². The number of aliphatic carboxylic acids is 1. The van der Waals surface area contributed by atoms with E-state index in [2.05, 4.69) is 5.32 Å². The first-order valence-electron chi connectivity index (χ1n) is 7.78. The van der Waals surface area contributed by atoms with E-state index in [9.17, 15) is 14.7 Å². The van der Waals surface area contributed by atoms with Crippen molar-refractivity contribution in [1.82, 2.24) is 9.88 Å². The van der Waals surface area contributed by atoms with Crippen LogP contribution in [-0.2, 0) is 16.1 Å². The molecule has 2 aromatic rings. The second kappa shape index (κ2) is 6.86. The molecule has 0 bridgehead atoms. The Labute approximate surface area is 144 Å². The number of thioether (sulfide) groups is 1. The minimum atomic E-state index is -1.17. The molecule has 1 aromatic heterocycles. The zero-order chi connectivity index (χ0) is 17.2. The molecule has 1 aliphatic heterocycles. The lowest BCUT2D eigenvalue weighted by Gasteiger charge is -2.24. The van der Waals surface area contributed by atoms with Gasteiger partial charge in [0.05, 0.1) is 12.2 Å². The van der Waals surface area contributed by atoms with Crippen LogP contribution in [0.5, 0.6) is 0 Å². The summed E-state index contributed by atoms with van der Waals surface area (Å²) in [4.78, 5) is 24.4. The van der Waals surface area contributed by atoms with Gasteiger partial charge in [-0.15, -0.1) is 0 Å². The van der Waals surface area contributed by atoms with Gasteiger partial charge in [0.15, 0.2) is 0 Å². The smallest absolute Gasteiger partial charge is 0.330 e. The Morgan fingerprint density at radius 2 is 2.21 bits per heavy atom. The molecule has 1 amide bonds. The van der Waals surface area contributed by atoms with E-state index in [1.54, 1.807) is 25.1 Å². The Morgan fingerprint density at radius 3 is 2.88 bits per heavy atom. The van der Waals surface area contributed by atoms with Crippen LogP contribution in [0.3, 0.4) is 0 Å². The number of methoxy groups -OCH3 is 1.